The average molecular weight is 401 g/mol. The second-order valence-corrected chi connectivity index (χ2v) is 14.7. The molecule has 1 heterocycles. The third-order valence-corrected chi connectivity index (χ3v) is 7.47. The van der Waals surface area contributed by atoms with Crippen LogP contribution in [-0.2, 0) is 20.3 Å². The Labute approximate surface area is 160 Å². The van der Waals surface area contributed by atoms with E-state index < -0.39 is 14.3 Å². The molecule has 0 unspecified atom stereocenters. The summed E-state index contributed by atoms with van der Waals surface area (Å²) >= 11 is 0. The Balaban J connectivity index is 1.87. The van der Waals surface area contributed by atoms with Crippen LogP contribution in [-0.4, -0.2) is 38.7 Å². The maximum Gasteiger partial charge on any atom is 0.256 e. The first kappa shape index (κ1) is 19.9. The Morgan fingerprint density at radius 3 is 2.22 bits per heavy atom. The minimum Gasteiger partial charge on any atom is -0.324 e. The van der Waals surface area contributed by atoms with E-state index in [4.69, 9.17) is 0 Å². The Hall–Kier alpha value is -1.89. The van der Waals surface area contributed by atoms with Crippen molar-refractivity contribution in [2.45, 2.75) is 6.42 Å². The first-order valence-electron chi connectivity index (χ1n) is 8.89. The highest BCUT2D eigenvalue weighted by Gasteiger charge is 2.24. The molecule has 1 aliphatic rings. The number of rotatable bonds is 5. The maximum atomic E-state index is 12.4. The number of amides is 1. The van der Waals surface area contributed by atoms with Crippen LogP contribution in [0.2, 0.25) is 0 Å². The SMILES string of the molecule is CP(C)(=O)CCc1ccc2c(c1)NC(=O)/C2=C\c1ccc(P(C)(C)=O)cc1. The molecule has 2 aromatic rings. The highest BCUT2D eigenvalue weighted by Crippen LogP contribution is 2.38. The van der Waals surface area contributed by atoms with Crippen LogP contribution in [0.25, 0.3) is 11.6 Å². The Morgan fingerprint density at radius 1 is 0.963 bits per heavy atom. The van der Waals surface area contributed by atoms with Gasteiger partial charge in [-0.2, -0.15) is 0 Å². The lowest BCUT2D eigenvalue weighted by Gasteiger charge is -2.08. The van der Waals surface area contributed by atoms with Gasteiger partial charge in [-0.05, 0) is 56.3 Å². The van der Waals surface area contributed by atoms with Gasteiger partial charge in [-0.1, -0.05) is 36.4 Å². The van der Waals surface area contributed by atoms with Crippen molar-refractivity contribution in [3.05, 3.63) is 59.2 Å². The predicted octanol–water partition coefficient (Wildman–Crippen LogP) is 4.59. The summed E-state index contributed by atoms with van der Waals surface area (Å²) in [6, 6.07) is 13.4. The average Bonchev–Trinajstić information content (AvgIpc) is 2.87. The summed E-state index contributed by atoms with van der Waals surface area (Å²) < 4.78 is 24.1. The van der Waals surface area contributed by atoms with Crippen LogP contribution in [0.4, 0.5) is 5.69 Å². The van der Waals surface area contributed by atoms with Gasteiger partial charge in [0, 0.05) is 28.3 Å². The second kappa shape index (κ2) is 7.26. The fraction of sp³-hybridized carbons (Fsp3) is 0.286. The molecule has 27 heavy (non-hydrogen) atoms. The molecule has 0 fully saturated rings. The van der Waals surface area contributed by atoms with Crippen molar-refractivity contribution in [1.82, 2.24) is 0 Å². The lowest BCUT2D eigenvalue weighted by atomic mass is 10.0. The number of carbonyl (C=O) groups is 1. The van der Waals surface area contributed by atoms with Crippen LogP contribution < -0.4 is 10.6 Å². The Bertz CT molecular complexity index is 1010. The highest BCUT2D eigenvalue weighted by atomic mass is 31.2. The van der Waals surface area contributed by atoms with Gasteiger partial charge in [-0.25, -0.2) is 0 Å². The number of nitrogens with one attached hydrogen (secondary N) is 1. The van der Waals surface area contributed by atoms with Gasteiger partial charge in [-0.15, -0.1) is 0 Å². The first-order valence-corrected chi connectivity index (χ1v) is 14.3. The normalized spacial score (nSPS) is 15.7. The smallest absolute Gasteiger partial charge is 0.256 e. The van der Waals surface area contributed by atoms with E-state index in [0.29, 0.717) is 11.7 Å². The zero-order valence-electron chi connectivity index (χ0n) is 16.2. The van der Waals surface area contributed by atoms with Crippen molar-refractivity contribution in [1.29, 1.82) is 0 Å². The van der Waals surface area contributed by atoms with Crippen LogP contribution >= 0.6 is 14.3 Å². The summed E-state index contributed by atoms with van der Waals surface area (Å²) in [7, 11) is -4.34. The van der Waals surface area contributed by atoms with Gasteiger partial charge < -0.3 is 14.4 Å². The zero-order valence-corrected chi connectivity index (χ0v) is 17.9. The number of aryl methyl sites for hydroxylation is 1. The van der Waals surface area contributed by atoms with Crippen LogP contribution in [0, 0.1) is 0 Å². The van der Waals surface area contributed by atoms with E-state index in [1.165, 1.54) is 0 Å². The van der Waals surface area contributed by atoms with E-state index in [9.17, 15) is 13.9 Å². The molecule has 142 valence electrons. The van der Waals surface area contributed by atoms with Gasteiger partial charge in [0.05, 0.1) is 7.14 Å². The van der Waals surface area contributed by atoms with Crippen LogP contribution in [0.15, 0.2) is 42.5 Å². The quantitative estimate of drug-likeness (QED) is 0.589. The molecular formula is C21H25NO3P2. The molecule has 6 heteroatoms. The molecule has 0 atom stereocenters. The zero-order chi connectivity index (χ0) is 19.8. The monoisotopic (exact) mass is 401 g/mol. The van der Waals surface area contributed by atoms with Crippen molar-refractivity contribution in [3.63, 3.8) is 0 Å². The molecule has 4 nitrogen and oxygen atoms in total. The van der Waals surface area contributed by atoms with Crippen molar-refractivity contribution in [2.75, 3.05) is 38.1 Å². The number of hydrogen-bond donors (Lipinski definition) is 1. The third-order valence-electron chi connectivity index (χ3n) is 4.63. The van der Waals surface area contributed by atoms with Crippen molar-refractivity contribution < 1.29 is 13.9 Å². The molecule has 0 aliphatic carbocycles. The minimum absolute atomic E-state index is 0.125. The molecule has 0 saturated carbocycles. The second-order valence-electron chi connectivity index (χ2n) is 7.88. The van der Waals surface area contributed by atoms with Gasteiger partial charge in [0.15, 0.2) is 0 Å². The fourth-order valence-corrected chi connectivity index (χ4v) is 4.70. The Kier molecular flexibility index (Phi) is 5.34. The number of carbonyl (C=O) groups excluding carboxylic acids is 1. The topological polar surface area (TPSA) is 63.2 Å². The molecule has 1 aliphatic heterocycles. The molecular weight excluding hydrogens is 376 g/mol. The summed E-state index contributed by atoms with van der Waals surface area (Å²) in [4.78, 5) is 12.4. The lowest BCUT2D eigenvalue weighted by Crippen LogP contribution is -2.04. The minimum atomic E-state index is -2.28. The van der Waals surface area contributed by atoms with Gasteiger partial charge in [-0.3, -0.25) is 4.79 Å². The van der Waals surface area contributed by atoms with Gasteiger partial charge >= 0.3 is 0 Å². The Morgan fingerprint density at radius 2 is 1.63 bits per heavy atom. The highest BCUT2D eigenvalue weighted by molar-refractivity contribution is 7.70. The van der Waals surface area contributed by atoms with Crippen molar-refractivity contribution >= 4 is 42.8 Å². The molecule has 0 aromatic heterocycles. The number of anilines is 1. The molecule has 1 amide bonds. The third kappa shape index (κ3) is 4.89. The molecule has 0 saturated heterocycles. The van der Waals surface area contributed by atoms with E-state index in [1.54, 1.807) is 26.7 Å². The first-order chi connectivity index (χ1) is 12.5. The van der Waals surface area contributed by atoms with E-state index in [1.807, 2.05) is 48.5 Å². The predicted molar refractivity (Wildman–Crippen MR) is 116 cm³/mol. The number of benzene rings is 2. The number of fused-ring (bicyclic) bond motifs is 1. The van der Waals surface area contributed by atoms with Gasteiger partial charge in [0.25, 0.3) is 5.91 Å². The van der Waals surface area contributed by atoms with Crippen molar-refractivity contribution in [2.24, 2.45) is 0 Å². The summed E-state index contributed by atoms with van der Waals surface area (Å²) in [5.74, 6) is -0.125. The largest absolute Gasteiger partial charge is 0.324 e. The summed E-state index contributed by atoms with van der Waals surface area (Å²) in [5, 5.41) is 3.75. The molecule has 2 aromatic carbocycles. The van der Waals surface area contributed by atoms with Crippen LogP contribution in [0.5, 0.6) is 0 Å². The molecule has 0 radical (unpaired) electrons. The maximum absolute atomic E-state index is 12.4. The lowest BCUT2D eigenvalue weighted by molar-refractivity contribution is -0.110. The molecule has 1 N–H and O–H groups in total. The molecule has 0 bridgehead atoms. The summed E-state index contributed by atoms with van der Waals surface area (Å²) in [6.07, 6.45) is 3.25. The fourth-order valence-electron chi connectivity index (χ4n) is 3.04. The van der Waals surface area contributed by atoms with Gasteiger partial charge in [0.1, 0.15) is 7.14 Å². The molecule has 0 spiro atoms. The van der Waals surface area contributed by atoms with E-state index >= 15 is 0 Å². The van der Waals surface area contributed by atoms with E-state index in [-0.39, 0.29) is 5.91 Å². The summed E-state index contributed by atoms with van der Waals surface area (Å²) in [6.45, 7) is 7.08. The molecule has 3 rings (SSSR count). The van der Waals surface area contributed by atoms with Crippen LogP contribution in [0.3, 0.4) is 0 Å². The van der Waals surface area contributed by atoms with Crippen LogP contribution in [0.1, 0.15) is 16.7 Å². The summed E-state index contributed by atoms with van der Waals surface area (Å²) in [5.41, 5.74) is 4.27. The standard InChI is InChI=1S/C21H25NO3P2/c1-26(2,24)12-11-16-7-10-18-19(21(23)22-20(18)14-16)13-15-5-8-17(9-6-15)27(3,4)25/h5-10,13-14H,11-12H2,1-4H3,(H,22,23)/b19-13-. The van der Waals surface area contributed by atoms with Gasteiger partial charge in [0.2, 0.25) is 0 Å². The van der Waals surface area contributed by atoms with Crippen molar-refractivity contribution in [3.8, 4) is 0 Å². The van der Waals surface area contributed by atoms with E-state index in [2.05, 4.69) is 5.32 Å². The van der Waals surface area contributed by atoms with E-state index in [0.717, 1.165) is 34.1 Å². The number of hydrogen-bond acceptors (Lipinski definition) is 3.